The number of piperidine rings is 1. The smallest absolute Gasteiger partial charge is 0.393 e. The highest BCUT2D eigenvalue weighted by Gasteiger charge is 2.32. The van der Waals surface area contributed by atoms with Crippen LogP contribution < -0.4 is 10.1 Å². The van der Waals surface area contributed by atoms with Crippen molar-refractivity contribution in [2.45, 2.75) is 64.0 Å². The number of hydrogen-bond acceptors (Lipinski definition) is 5. The Kier molecular flexibility index (Phi) is 11.0. The molecule has 0 radical (unpaired) electrons. The lowest BCUT2D eigenvalue weighted by Crippen LogP contribution is -2.44. The predicted molar refractivity (Wildman–Crippen MR) is 175 cm³/mol. The fourth-order valence-corrected chi connectivity index (χ4v) is 5.94. The third-order valence-electron chi connectivity index (χ3n) is 8.11. The fourth-order valence-electron chi connectivity index (χ4n) is 5.94. The van der Waals surface area contributed by atoms with Gasteiger partial charge < -0.3 is 19.7 Å². The number of ether oxygens (including phenoxy) is 2. The number of likely N-dealkylation sites (tertiary alicyclic amines) is 1. The average Bonchev–Trinajstić information content (AvgIpc) is 3.06. The second-order valence-electron chi connectivity index (χ2n) is 11.6. The van der Waals surface area contributed by atoms with Gasteiger partial charge in [0.15, 0.2) is 0 Å². The summed E-state index contributed by atoms with van der Waals surface area (Å²) >= 11 is 0. The molecule has 1 aromatic heterocycles. The predicted octanol–water partition coefficient (Wildman–Crippen LogP) is 8.26. The Morgan fingerprint density at radius 2 is 1.85 bits per heavy atom. The monoisotopic (exact) mass is 647 g/mol. The van der Waals surface area contributed by atoms with Crippen LogP contribution in [0.3, 0.4) is 0 Å². The molecule has 0 aliphatic carbocycles. The van der Waals surface area contributed by atoms with E-state index in [1.165, 1.54) is 12.3 Å². The van der Waals surface area contributed by atoms with Crippen LogP contribution in [0.4, 0.5) is 23.2 Å². The van der Waals surface area contributed by atoms with E-state index >= 15 is 0 Å². The number of rotatable bonds is 9. The number of pyridine rings is 1. The molecule has 2 aromatic carbocycles. The van der Waals surface area contributed by atoms with Crippen LogP contribution in [0.5, 0.6) is 5.88 Å². The summed E-state index contributed by atoms with van der Waals surface area (Å²) in [7, 11) is 0. The Labute approximate surface area is 272 Å². The molecule has 2 aliphatic rings. The topological polar surface area (TPSA) is 63.7 Å². The summed E-state index contributed by atoms with van der Waals surface area (Å²) in [5, 5.41) is 3.22. The Bertz CT molecular complexity index is 1650. The van der Waals surface area contributed by atoms with Crippen molar-refractivity contribution in [3.8, 4) is 17.7 Å². The van der Waals surface area contributed by atoms with Crippen molar-refractivity contribution in [2.75, 3.05) is 25.0 Å². The van der Waals surface area contributed by atoms with Gasteiger partial charge >= 0.3 is 6.18 Å². The van der Waals surface area contributed by atoms with Crippen LogP contribution in [-0.2, 0) is 9.53 Å². The molecule has 2 aliphatic heterocycles. The van der Waals surface area contributed by atoms with Crippen molar-refractivity contribution < 1.29 is 31.8 Å². The molecule has 3 heterocycles. The molecule has 5 rings (SSSR count). The molecule has 1 N–H and O–H groups in total. The SMILES string of the molecule is C=C(F)c1cc(/C(=C(\CC(F)(F)F)c2ccccc2)c2ccc(OC3CCCN(C(=O)C#CC)C3)nc2)ccc1NC1CCCCO1. The number of nitrogens with one attached hydrogen (secondary N) is 1. The highest BCUT2D eigenvalue weighted by Crippen LogP contribution is 2.41. The summed E-state index contributed by atoms with van der Waals surface area (Å²) in [6, 6.07) is 16.4. The van der Waals surface area contributed by atoms with Crippen molar-refractivity contribution in [1.29, 1.82) is 0 Å². The number of carbonyl (C=O) groups excluding carboxylic acids is 1. The lowest BCUT2D eigenvalue weighted by atomic mass is 9.87. The van der Waals surface area contributed by atoms with Crippen LogP contribution in [0, 0.1) is 11.8 Å². The van der Waals surface area contributed by atoms with Gasteiger partial charge in [0, 0.05) is 42.2 Å². The molecular weight excluding hydrogens is 610 g/mol. The molecule has 246 valence electrons. The maximum atomic E-state index is 15.0. The van der Waals surface area contributed by atoms with E-state index in [2.05, 4.69) is 28.7 Å². The lowest BCUT2D eigenvalue weighted by Gasteiger charge is -2.31. The Hall–Kier alpha value is -4.62. The third-order valence-corrected chi connectivity index (χ3v) is 8.11. The molecule has 1 amide bonds. The van der Waals surface area contributed by atoms with E-state index in [9.17, 15) is 22.4 Å². The number of benzene rings is 2. The van der Waals surface area contributed by atoms with Gasteiger partial charge in [0.25, 0.3) is 5.91 Å². The minimum Gasteiger partial charge on any atom is -0.472 e. The summed E-state index contributed by atoms with van der Waals surface area (Å²) in [6.07, 6.45) is -0.806. The molecule has 6 nitrogen and oxygen atoms in total. The normalized spacial score (nSPS) is 18.8. The number of halogens is 4. The van der Waals surface area contributed by atoms with E-state index in [0.717, 1.165) is 25.7 Å². The van der Waals surface area contributed by atoms with E-state index < -0.39 is 18.4 Å². The van der Waals surface area contributed by atoms with E-state index in [0.29, 0.717) is 48.5 Å². The number of hydrogen-bond donors (Lipinski definition) is 1. The first kappa shape index (κ1) is 33.7. The van der Waals surface area contributed by atoms with Crippen LogP contribution >= 0.6 is 0 Å². The maximum Gasteiger partial charge on any atom is 0.393 e. The number of anilines is 1. The van der Waals surface area contributed by atoms with Gasteiger partial charge in [-0.05, 0) is 85.4 Å². The van der Waals surface area contributed by atoms with E-state index in [-0.39, 0.29) is 40.8 Å². The molecule has 0 bridgehead atoms. The maximum absolute atomic E-state index is 15.0. The Balaban J connectivity index is 1.54. The number of carbonyl (C=O) groups is 1. The van der Waals surface area contributed by atoms with Crippen LogP contribution in [0.1, 0.15) is 67.7 Å². The van der Waals surface area contributed by atoms with E-state index in [1.807, 2.05) is 0 Å². The van der Waals surface area contributed by atoms with Gasteiger partial charge in [0.05, 0.1) is 13.0 Å². The number of amides is 1. The fraction of sp³-hybridized carbons (Fsp3) is 0.351. The molecule has 3 aromatic rings. The summed E-state index contributed by atoms with van der Waals surface area (Å²) in [4.78, 5) is 18.4. The van der Waals surface area contributed by atoms with Gasteiger partial charge in [0.2, 0.25) is 5.88 Å². The van der Waals surface area contributed by atoms with Gasteiger partial charge in [-0.2, -0.15) is 13.2 Å². The summed E-state index contributed by atoms with van der Waals surface area (Å²) in [6.45, 7) is 6.64. The molecule has 10 heteroatoms. The van der Waals surface area contributed by atoms with Gasteiger partial charge in [-0.15, -0.1) is 0 Å². The molecule has 2 unspecified atom stereocenters. The molecular formula is C37H37F4N3O3. The quantitative estimate of drug-likeness (QED) is 0.144. The molecule has 47 heavy (non-hydrogen) atoms. The van der Waals surface area contributed by atoms with Crippen molar-refractivity contribution in [2.24, 2.45) is 0 Å². The van der Waals surface area contributed by atoms with Crippen molar-refractivity contribution in [3.63, 3.8) is 0 Å². The van der Waals surface area contributed by atoms with Crippen LogP contribution in [0.2, 0.25) is 0 Å². The number of allylic oxidation sites excluding steroid dienone is 1. The first-order valence-corrected chi connectivity index (χ1v) is 15.7. The third kappa shape index (κ3) is 9.01. The van der Waals surface area contributed by atoms with Crippen molar-refractivity contribution in [3.05, 3.63) is 95.7 Å². The lowest BCUT2D eigenvalue weighted by molar-refractivity contribution is -0.127. The Morgan fingerprint density at radius 1 is 1.06 bits per heavy atom. The summed E-state index contributed by atoms with van der Waals surface area (Å²) in [5.74, 6) is 4.45. The highest BCUT2D eigenvalue weighted by atomic mass is 19.4. The first-order valence-electron chi connectivity index (χ1n) is 15.7. The van der Waals surface area contributed by atoms with Gasteiger partial charge in [0.1, 0.15) is 18.2 Å². The summed E-state index contributed by atoms with van der Waals surface area (Å²) in [5.41, 5.74) is 1.97. The van der Waals surface area contributed by atoms with Gasteiger partial charge in [-0.1, -0.05) is 48.9 Å². The van der Waals surface area contributed by atoms with Gasteiger partial charge in [-0.25, -0.2) is 9.37 Å². The minimum atomic E-state index is -4.54. The molecule has 2 fully saturated rings. The molecule has 0 spiro atoms. The van der Waals surface area contributed by atoms with E-state index in [4.69, 9.17) is 9.47 Å². The highest BCUT2D eigenvalue weighted by molar-refractivity contribution is 5.99. The summed E-state index contributed by atoms with van der Waals surface area (Å²) < 4.78 is 69.3. The molecule has 0 saturated carbocycles. The zero-order valence-electron chi connectivity index (χ0n) is 26.2. The number of nitrogens with zero attached hydrogens (tertiary/aromatic N) is 2. The van der Waals surface area contributed by atoms with Crippen molar-refractivity contribution in [1.82, 2.24) is 9.88 Å². The first-order chi connectivity index (χ1) is 22.6. The van der Waals surface area contributed by atoms with Crippen LogP contribution in [0.15, 0.2) is 73.4 Å². The Morgan fingerprint density at radius 3 is 2.51 bits per heavy atom. The second-order valence-corrected chi connectivity index (χ2v) is 11.6. The van der Waals surface area contributed by atoms with E-state index in [1.54, 1.807) is 66.4 Å². The second kappa shape index (κ2) is 15.3. The zero-order chi connectivity index (χ0) is 33.4. The molecule has 2 atom stereocenters. The van der Waals surface area contributed by atoms with Gasteiger partial charge in [-0.3, -0.25) is 4.79 Å². The number of alkyl halides is 3. The minimum absolute atomic E-state index is 0.0128. The molecule has 2 saturated heterocycles. The zero-order valence-corrected chi connectivity index (χ0v) is 26.2. The van der Waals surface area contributed by atoms with Crippen molar-refractivity contribution >= 4 is 28.6 Å². The standard InChI is InChI=1S/C37H37F4N3O3/c1-3-10-35(45)44-19-9-13-29(24-44)47-33-18-16-28(23-42-33)36(31(22-37(39,40)41)26-11-5-4-6-12-26)27-15-17-32(30(21-27)25(2)38)43-34-14-7-8-20-46-34/h4-6,11-12,15-18,21,23,29,34,43H,2,7-9,13-14,19-20,22,24H2,1H3/b36-31-. The van der Waals surface area contributed by atoms with Crippen LogP contribution in [-0.4, -0.2) is 54.0 Å². The largest absolute Gasteiger partial charge is 0.472 e. The number of aromatic nitrogens is 1. The average molecular weight is 648 g/mol. The van der Waals surface area contributed by atoms with Crippen LogP contribution in [0.25, 0.3) is 17.0 Å².